The van der Waals surface area contributed by atoms with Crippen LogP contribution in [0.1, 0.15) is 300 Å². The number of hydrogen-bond acceptors (Lipinski definition) is 0. The van der Waals surface area contributed by atoms with E-state index in [1.54, 1.807) is 0 Å². The number of fused-ring (bicyclic) bond motifs is 15. The van der Waals surface area contributed by atoms with Crippen LogP contribution in [0.15, 0.2) is 297 Å². The van der Waals surface area contributed by atoms with E-state index in [1.807, 2.05) is 55.4 Å². The van der Waals surface area contributed by atoms with Crippen LogP contribution in [0.4, 0.5) is 0 Å². The Morgan fingerprint density at radius 2 is 0.362 bits per heavy atom. The summed E-state index contributed by atoms with van der Waals surface area (Å²) < 4.78 is 0. The Balaban J connectivity index is 0.000000312. The Kier molecular flexibility index (Phi) is 43.8. The molecule has 0 atom stereocenters. The molecule has 0 radical (unpaired) electrons. The normalized spacial score (nSPS) is 11.8. The highest BCUT2D eigenvalue weighted by molar-refractivity contribution is 6.16. The van der Waals surface area contributed by atoms with Crippen molar-refractivity contribution in [2.45, 2.75) is 290 Å². The molecule has 0 heteroatoms. The maximum atomic E-state index is 2.43. The highest BCUT2D eigenvalue weighted by atomic mass is 14.3. The Morgan fingerprint density at radius 1 is 0.169 bits per heavy atom. The summed E-state index contributed by atoms with van der Waals surface area (Å²) in [5.74, 6) is 0. The molecule has 0 unspecified atom stereocenters. The minimum Gasteiger partial charge on any atom is -0.0795 e. The molecule has 0 heterocycles. The molecule has 0 aromatic heterocycles. The van der Waals surface area contributed by atoms with E-state index in [2.05, 4.69) is 525 Å². The van der Waals surface area contributed by atoms with E-state index in [0.29, 0.717) is 43.3 Å². The van der Waals surface area contributed by atoms with Gasteiger partial charge in [-0.25, -0.2) is 0 Å². The summed E-state index contributed by atoms with van der Waals surface area (Å²) in [5, 5.41) is 34.5. The molecule has 2 aliphatic carbocycles. The van der Waals surface area contributed by atoms with Crippen LogP contribution in [0, 0.1) is 43.3 Å². The SMILES string of the molecule is C1=Cc2ccc3cc4ccccc4c4c3c2C(=CC4)C1.CC.CC.CC.CC.CC(C)(C)C.CC(C)(C)C.CC(C)(C)C.CC(C)(C)C.CC(C)(C)C.CC(C)(C)C.CC(C)(C)C.CC(C)(C)C.c1ccc2cc3c(ccc4ccccc43)cc2c1.c1ccc2cc3cc4c(ccc5ccccc54)cc3cc2c1.c1ccc2cc3cc4cc5ccccc5cc4cc3cc2c1. The van der Waals surface area contributed by atoms with Gasteiger partial charge in [0.15, 0.2) is 0 Å². The summed E-state index contributed by atoms with van der Waals surface area (Å²) in [4.78, 5) is 0. The van der Waals surface area contributed by atoms with Crippen molar-refractivity contribution < 1.29 is 0 Å². The molecular weight excluding hydrogens is 1560 g/mol. The van der Waals surface area contributed by atoms with Crippen LogP contribution < -0.4 is 0 Å². The van der Waals surface area contributed by atoms with E-state index in [1.165, 1.54) is 162 Å². The van der Waals surface area contributed by atoms with E-state index in [0.717, 1.165) is 12.8 Å². The molecule has 17 aromatic rings. The van der Waals surface area contributed by atoms with Crippen LogP contribution in [0.25, 0.3) is 152 Å². The molecule has 130 heavy (non-hydrogen) atoms. The lowest BCUT2D eigenvalue weighted by molar-refractivity contribution is 0.469. The smallest absolute Gasteiger partial charge is 0.00610 e. The fourth-order valence-electron chi connectivity index (χ4n) is 13.3. The minimum atomic E-state index is 0.500. The summed E-state index contributed by atoms with van der Waals surface area (Å²) in [7, 11) is 0. The van der Waals surface area contributed by atoms with Gasteiger partial charge in [0.1, 0.15) is 0 Å². The van der Waals surface area contributed by atoms with E-state index in [4.69, 9.17) is 0 Å². The topological polar surface area (TPSA) is 0 Å². The molecule has 0 saturated heterocycles. The first-order valence-corrected chi connectivity index (χ1v) is 48.7. The quantitative estimate of drug-likeness (QED) is 0.105. The average molecular weight is 1740 g/mol. The number of rotatable bonds is 0. The Morgan fingerprint density at radius 3 is 0.662 bits per heavy atom. The predicted octanol–water partition coefficient (Wildman–Crippen LogP) is 43.6. The van der Waals surface area contributed by atoms with Crippen molar-refractivity contribution in [1.29, 1.82) is 0 Å². The van der Waals surface area contributed by atoms with Crippen molar-refractivity contribution >= 4 is 152 Å². The molecule has 0 amide bonds. The van der Waals surface area contributed by atoms with Gasteiger partial charge in [0, 0.05) is 0 Å². The van der Waals surface area contributed by atoms with Gasteiger partial charge < -0.3 is 0 Å². The fraction of sp³-hybridized carbons (Fsp3) is 0.385. The molecule has 2 aliphatic rings. The molecule has 19 rings (SSSR count). The van der Waals surface area contributed by atoms with Crippen molar-refractivity contribution in [2.75, 3.05) is 0 Å². The largest absolute Gasteiger partial charge is 0.0795 e. The van der Waals surface area contributed by atoms with Gasteiger partial charge in [0.2, 0.25) is 0 Å². The molecular formula is C130H174. The first kappa shape index (κ1) is 112. The number of allylic oxidation sites excluding steroid dienone is 3. The van der Waals surface area contributed by atoms with Crippen molar-refractivity contribution in [3.8, 4) is 0 Å². The zero-order valence-corrected chi connectivity index (χ0v) is 89.3. The third kappa shape index (κ3) is 41.4. The first-order valence-electron chi connectivity index (χ1n) is 48.7. The maximum absolute atomic E-state index is 2.43. The van der Waals surface area contributed by atoms with E-state index in [-0.39, 0.29) is 0 Å². The third-order valence-electron chi connectivity index (χ3n) is 17.4. The Labute approximate surface area is 793 Å². The lowest BCUT2D eigenvalue weighted by atomic mass is 9.80. The predicted molar refractivity (Wildman–Crippen MR) is 605 cm³/mol. The molecule has 0 bridgehead atoms. The minimum absolute atomic E-state index is 0.500. The van der Waals surface area contributed by atoms with Gasteiger partial charge in [-0.2, -0.15) is 0 Å². The number of hydrogen-bond donors (Lipinski definition) is 0. The molecule has 0 N–H and O–H groups in total. The van der Waals surface area contributed by atoms with E-state index < -0.39 is 0 Å². The van der Waals surface area contributed by atoms with Crippen molar-refractivity contribution in [2.24, 2.45) is 43.3 Å². The zero-order chi connectivity index (χ0) is 98.1. The van der Waals surface area contributed by atoms with Gasteiger partial charge in [-0.1, -0.05) is 501 Å². The van der Waals surface area contributed by atoms with Crippen molar-refractivity contribution in [3.63, 3.8) is 0 Å². The second-order valence-electron chi connectivity index (χ2n) is 46.3. The molecule has 694 valence electrons. The summed E-state index contributed by atoms with van der Waals surface area (Å²) >= 11 is 0. The number of benzene rings is 17. The Hall–Kier alpha value is -10.4. The average Bonchev–Trinajstić information content (AvgIpc) is 0.758. The van der Waals surface area contributed by atoms with Crippen LogP contribution in [-0.4, -0.2) is 0 Å². The zero-order valence-electron chi connectivity index (χ0n) is 89.3. The highest BCUT2D eigenvalue weighted by Gasteiger charge is 2.21. The maximum Gasteiger partial charge on any atom is -0.00610 e. The van der Waals surface area contributed by atoms with Gasteiger partial charge in [-0.15, -0.1) is 0 Å². The van der Waals surface area contributed by atoms with Gasteiger partial charge in [-0.05, 0) is 297 Å². The second-order valence-corrected chi connectivity index (χ2v) is 46.3. The first-order chi connectivity index (χ1) is 60.6. The molecule has 0 spiro atoms. The van der Waals surface area contributed by atoms with Crippen LogP contribution in [0.5, 0.6) is 0 Å². The summed E-state index contributed by atoms with van der Waals surface area (Å²) in [6, 6.07) is 104. The third-order valence-corrected chi connectivity index (χ3v) is 17.4. The van der Waals surface area contributed by atoms with Crippen LogP contribution in [0.2, 0.25) is 0 Å². The highest BCUT2D eigenvalue weighted by Crippen LogP contribution is 2.43. The summed E-state index contributed by atoms with van der Waals surface area (Å²) in [6.07, 6.45) is 9.13. The molecule has 0 nitrogen and oxygen atoms in total. The van der Waals surface area contributed by atoms with Gasteiger partial charge in [-0.3, -0.25) is 0 Å². The summed E-state index contributed by atoms with van der Waals surface area (Å²) in [5.41, 5.74) is 9.88. The lowest BCUT2D eigenvalue weighted by Crippen LogP contribution is -2.03. The van der Waals surface area contributed by atoms with Gasteiger partial charge in [0.05, 0.1) is 0 Å². The van der Waals surface area contributed by atoms with Crippen molar-refractivity contribution in [3.05, 3.63) is 314 Å². The standard InChI is InChI=1S/2C22H14.C20H14.C18H12.8C5H12.4C2H6/c1-2-7-17-12-20-14-22-18(13-19(20)11-16(17)6-1)10-9-15-5-3-4-8-21(15)22;1-2-6-16-10-20-14-22-12-18-8-4-3-7-17(18)11-21(22)13-19(20)9-15(16)5-1;1-2-7-17-15(4-1)12-16-9-8-13-5-3-6-14-10-11-18(17)20(16)19(13)14;1-2-7-15-12-18-16(11-14(15)6-1)10-9-13-5-3-4-8-17(13)18;8*1-5(2,3)4;4*1-2/h2*1-14H;1-5,7-10,12H,6,11H2;1-12H;8*1-4H3;4*1-2H3. The summed E-state index contributed by atoms with van der Waals surface area (Å²) in [6.45, 7) is 86.0. The second kappa shape index (κ2) is 50.8. The van der Waals surface area contributed by atoms with Gasteiger partial charge >= 0.3 is 0 Å². The molecule has 17 aromatic carbocycles. The molecule has 0 saturated carbocycles. The van der Waals surface area contributed by atoms with Crippen LogP contribution in [-0.2, 0) is 6.42 Å². The Bertz CT molecular complexity index is 5960. The van der Waals surface area contributed by atoms with Crippen LogP contribution in [0.3, 0.4) is 0 Å². The van der Waals surface area contributed by atoms with E-state index >= 15 is 0 Å². The van der Waals surface area contributed by atoms with Gasteiger partial charge in [0.25, 0.3) is 0 Å². The molecule has 0 fully saturated rings. The van der Waals surface area contributed by atoms with Crippen molar-refractivity contribution in [1.82, 2.24) is 0 Å². The van der Waals surface area contributed by atoms with E-state index in [9.17, 15) is 0 Å². The monoisotopic (exact) mass is 1740 g/mol. The van der Waals surface area contributed by atoms with Crippen LogP contribution >= 0.6 is 0 Å². The lowest BCUT2D eigenvalue weighted by Gasteiger charge is -2.24. The fourth-order valence-corrected chi connectivity index (χ4v) is 13.3. The molecule has 0 aliphatic heterocycles.